The van der Waals surface area contributed by atoms with E-state index in [2.05, 4.69) is 19.9 Å². The summed E-state index contributed by atoms with van der Waals surface area (Å²) in [7, 11) is 0. The fourth-order valence-electron chi connectivity index (χ4n) is 7.44. The van der Waals surface area contributed by atoms with Crippen molar-refractivity contribution in [2.75, 3.05) is 5.73 Å². The van der Waals surface area contributed by atoms with Crippen molar-refractivity contribution in [1.82, 2.24) is 19.9 Å². The van der Waals surface area contributed by atoms with Gasteiger partial charge in [-0.2, -0.15) is 0 Å². The van der Waals surface area contributed by atoms with Gasteiger partial charge in [-0.05, 0) is 119 Å². The zero-order valence-electron chi connectivity index (χ0n) is 28.9. The number of aromatic nitrogens is 4. The molecule has 9 rings (SSSR count). The second-order valence-corrected chi connectivity index (χ2v) is 13.5. The van der Waals surface area contributed by atoms with E-state index in [1.165, 1.54) is 18.2 Å². The van der Waals surface area contributed by atoms with Crippen LogP contribution in [0, 0.1) is 0 Å². The van der Waals surface area contributed by atoms with Crippen molar-refractivity contribution < 1.29 is 30.6 Å². The number of nitrogens with one attached hydrogen (secondary N) is 4. The van der Waals surface area contributed by atoms with Gasteiger partial charge in [-0.1, -0.05) is 12.1 Å². The first kappa shape index (κ1) is 33.0. The summed E-state index contributed by atoms with van der Waals surface area (Å²) < 4.78 is 0. The van der Waals surface area contributed by atoms with E-state index in [-0.39, 0.29) is 34.5 Å². The maximum atomic E-state index is 10.6. The molecule has 270 valence electrons. The molecule has 1 aliphatic heterocycles. The van der Waals surface area contributed by atoms with Gasteiger partial charge < -0.3 is 56.3 Å². The molecule has 8 aromatic rings. The first-order valence-electron chi connectivity index (χ1n) is 17.3. The monoisotopic (exact) mass is 727 g/mol. The Hall–Kier alpha value is -7.92. The van der Waals surface area contributed by atoms with Crippen molar-refractivity contribution in [3.63, 3.8) is 0 Å². The molecule has 0 unspecified atom stereocenters. The molecule has 12 N–H and O–H groups in total. The fourth-order valence-corrected chi connectivity index (χ4v) is 7.44. The second-order valence-electron chi connectivity index (χ2n) is 13.5. The van der Waals surface area contributed by atoms with Gasteiger partial charge in [0.2, 0.25) is 0 Å². The highest BCUT2D eigenvalue weighted by Gasteiger charge is 2.20. The number of nitrogens with two attached hydrogens (primary N) is 1. The normalized spacial score (nSPS) is 16.7. The van der Waals surface area contributed by atoms with Crippen molar-refractivity contribution in [3.05, 3.63) is 194 Å². The van der Waals surface area contributed by atoms with E-state index in [0.29, 0.717) is 72.2 Å². The third-order valence-electron chi connectivity index (χ3n) is 9.67. The van der Waals surface area contributed by atoms with Crippen molar-refractivity contribution in [2.24, 2.45) is 0 Å². The zero-order chi connectivity index (χ0) is 38.0. The molecule has 0 aliphatic carbocycles. The van der Waals surface area contributed by atoms with Crippen LogP contribution in [-0.4, -0.2) is 50.6 Å². The van der Waals surface area contributed by atoms with E-state index in [1.807, 2.05) is 72.8 Å². The van der Waals surface area contributed by atoms with E-state index in [4.69, 9.17) is 5.73 Å². The average molecular weight is 728 g/mol. The molecule has 0 atom stereocenters. The molecule has 1 aliphatic rings. The van der Waals surface area contributed by atoms with Gasteiger partial charge in [0.25, 0.3) is 0 Å². The summed E-state index contributed by atoms with van der Waals surface area (Å²) in [5.74, 6) is -0.734. The number of rotatable bonds is 4. The van der Waals surface area contributed by atoms with Gasteiger partial charge in [-0.15, -0.1) is 0 Å². The Bertz CT molecular complexity index is 3010. The lowest BCUT2D eigenvalue weighted by Gasteiger charge is -2.11. The first-order chi connectivity index (χ1) is 26.6. The predicted octanol–water partition coefficient (Wildman–Crippen LogP) is 4.12. The standard InChI is InChI=1S/C44H33N5O6/c45-26-3-1-22(2-4-26)41-33-5-7-35(46-33)42(23-13-27(50)19-28(51)14-23)37-9-11-39(48-37)44(25-17-31(54)21-32(55)18-25)40-12-10-38(49-40)43(36-8-6-34(41)47-36)24-15-29(52)20-30(53)16-24/h1-21,46-55H,45H2/b41-33-,41-34?,42-35-,42-37?,43-36?,43-38-,44-39?,44-40-. The molecular formula is C44H33N5O6. The summed E-state index contributed by atoms with van der Waals surface area (Å²) in [6, 6.07) is 36.0. The number of aromatic hydroxyl groups is 6. The minimum atomic E-state index is -0.135. The highest BCUT2D eigenvalue weighted by atomic mass is 16.3. The first-order valence-corrected chi connectivity index (χ1v) is 17.3. The van der Waals surface area contributed by atoms with Crippen LogP contribution in [0.25, 0.3) is 22.3 Å². The third-order valence-corrected chi connectivity index (χ3v) is 9.67. The Balaban J connectivity index is 1.45. The number of phenols is 6. The Kier molecular flexibility index (Phi) is 7.57. The van der Waals surface area contributed by atoms with Crippen LogP contribution < -0.4 is 27.1 Å². The van der Waals surface area contributed by atoms with Crippen molar-refractivity contribution >= 4 is 28.0 Å². The van der Waals surface area contributed by atoms with Crippen LogP contribution in [0.2, 0.25) is 0 Å². The van der Waals surface area contributed by atoms with Gasteiger partial charge in [0.1, 0.15) is 34.5 Å². The molecule has 11 heteroatoms. The van der Waals surface area contributed by atoms with Crippen molar-refractivity contribution in [2.45, 2.75) is 0 Å². The molecule has 0 saturated heterocycles. The Morgan fingerprint density at radius 1 is 0.291 bits per heavy atom. The molecule has 4 aromatic carbocycles. The smallest absolute Gasteiger partial charge is 0.119 e. The van der Waals surface area contributed by atoms with Gasteiger partial charge in [-0.3, -0.25) is 0 Å². The zero-order valence-corrected chi connectivity index (χ0v) is 28.9. The van der Waals surface area contributed by atoms with Crippen LogP contribution in [-0.2, 0) is 0 Å². The SMILES string of the molecule is Nc1ccc(/C2=c3\cc/c([nH]3)=C(\c3cc(O)cc(O)c3)c3ccc([nH]3)/C(c3cc(O)cc(O)c3)=c3/cc/c([nH]3)=C(\c3cc(O)cc(O)c3)c3ccc2[nH]3)cc1. The van der Waals surface area contributed by atoms with Crippen LogP contribution in [0.1, 0.15) is 45.0 Å². The van der Waals surface area contributed by atoms with Crippen LogP contribution in [0.4, 0.5) is 5.69 Å². The van der Waals surface area contributed by atoms with E-state index in [0.717, 1.165) is 22.2 Å². The van der Waals surface area contributed by atoms with Gasteiger partial charge in [-0.25, -0.2) is 0 Å². The predicted molar refractivity (Wildman–Crippen MR) is 208 cm³/mol. The summed E-state index contributed by atoms with van der Waals surface area (Å²) in [6.45, 7) is 0. The minimum Gasteiger partial charge on any atom is -0.508 e. The highest BCUT2D eigenvalue weighted by molar-refractivity contribution is 5.85. The summed E-state index contributed by atoms with van der Waals surface area (Å²) in [4.78, 5) is 14.3. The lowest BCUT2D eigenvalue weighted by atomic mass is 10.0. The number of aromatic amines is 4. The molecule has 0 spiro atoms. The minimum absolute atomic E-state index is 0.116. The molecule has 4 aromatic heterocycles. The number of hydrogen-bond acceptors (Lipinski definition) is 7. The molecule has 0 fully saturated rings. The lowest BCUT2D eigenvalue weighted by molar-refractivity contribution is 0.449. The molecule has 0 radical (unpaired) electrons. The second kappa shape index (κ2) is 12.6. The Morgan fingerprint density at radius 3 is 0.855 bits per heavy atom. The van der Waals surface area contributed by atoms with Crippen LogP contribution >= 0.6 is 0 Å². The van der Waals surface area contributed by atoms with Crippen LogP contribution in [0.15, 0.2) is 127 Å². The number of benzene rings is 4. The molecule has 5 heterocycles. The average Bonchev–Trinajstić information content (AvgIpc) is 3.95. The molecule has 11 nitrogen and oxygen atoms in total. The van der Waals surface area contributed by atoms with Gasteiger partial charge in [0.15, 0.2) is 0 Å². The molecule has 8 bridgehead atoms. The molecular weight excluding hydrogens is 695 g/mol. The summed E-state index contributed by atoms with van der Waals surface area (Å²) >= 11 is 0. The maximum Gasteiger partial charge on any atom is 0.119 e. The molecule has 55 heavy (non-hydrogen) atoms. The summed E-state index contributed by atoms with van der Waals surface area (Å²) in [6.07, 6.45) is 0. The van der Waals surface area contributed by atoms with Gasteiger partial charge in [0.05, 0.1) is 0 Å². The number of hydrogen-bond donors (Lipinski definition) is 11. The van der Waals surface area contributed by atoms with E-state index in [9.17, 15) is 30.6 Å². The van der Waals surface area contributed by atoms with Crippen LogP contribution in [0.5, 0.6) is 34.5 Å². The van der Waals surface area contributed by atoms with E-state index < -0.39 is 0 Å². The summed E-state index contributed by atoms with van der Waals surface area (Å²) in [5, 5.41) is 66.3. The fraction of sp³-hybridized carbons (Fsp3) is 0. The summed E-state index contributed by atoms with van der Waals surface area (Å²) in [5.41, 5.74) is 14.5. The number of nitrogen functional groups attached to an aromatic ring is 1. The Morgan fingerprint density at radius 2 is 0.564 bits per heavy atom. The lowest BCUT2D eigenvalue weighted by Crippen LogP contribution is -2.19. The highest BCUT2D eigenvalue weighted by Crippen LogP contribution is 2.33. The molecule has 0 saturated carbocycles. The van der Waals surface area contributed by atoms with Crippen molar-refractivity contribution in [1.29, 1.82) is 0 Å². The third kappa shape index (κ3) is 6.01. The van der Waals surface area contributed by atoms with Gasteiger partial charge in [0, 0.05) is 90.4 Å². The number of phenolic OH excluding ortho intramolecular Hbond substituents is 6. The maximum absolute atomic E-state index is 10.6. The quantitative estimate of drug-likeness (QED) is 0.119. The van der Waals surface area contributed by atoms with Crippen molar-refractivity contribution in [3.8, 4) is 34.5 Å². The number of anilines is 1. The topological polar surface area (TPSA) is 211 Å². The number of H-pyrrole nitrogens is 4. The molecule has 0 amide bonds. The van der Waals surface area contributed by atoms with E-state index in [1.54, 1.807) is 36.4 Å². The Labute approximate surface area is 311 Å². The van der Waals surface area contributed by atoms with Crippen LogP contribution in [0.3, 0.4) is 0 Å². The largest absolute Gasteiger partial charge is 0.508 e. The van der Waals surface area contributed by atoms with E-state index >= 15 is 0 Å². The number of fused-ring (bicyclic) bond motifs is 8. The van der Waals surface area contributed by atoms with Gasteiger partial charge >= 0.3 is 0 Å².